The number of halogens is 1. The van der Waals surface area contributed by atoms with Crippen LogP contribution < -0.4 is 20.1 Å². The molecule has 0 fully saturated rings. The minimum Gasteiger partial charge on any atom is -0.493 e. The van der Waals surface area contributed by atoms with E-state index in [4.69, 9.17) is 25.6 Å². The van der Waals surface area contributed by atoms with Crippen molar-refractivity contribution in [2.24, 2.45) is 5.92 Å². The molecule has 8 nitrogen and oxygen atoms in total. The van der Waals surface area contributed by atoms with Crippen molar-refractivity contribution in [1.82, 2.24) is 20.8 Å². The molecule has 0 aliphatic rings. The van der Waals surface area contributed by atoms with Crippen LogP contribution in [0.3, 0.4) is 0 Å². The Balaban J connectivity index is 1.66. The van der Waals surface area contributed by atoms with E-state index in [1.807, 2.05) is 6.07 Å². The van der Waals surface area contributed by atoms with Gasteiger partial charge in [0.1, 0.15) is 17.2 Å². The van der Waals surface area contributed by atoms with Crippen LogP contribution in [0.4, 0.5) is 4.79 Å². The molecule has 3 rings (SSSR count). The highest BCUT2D eigenvalue weighted by molar-refractivity contribution is 7.16. The second-order valence-corrected chi connectivity index (χ2v) is 8.35. The van der Waals surface area contributed by atoms with E-state index in [0.717, 1.165) is 4.88 Å². The molecule has 10 heteroatoms. The van der Waals surface area contributed by atoms with Gasteiger partial charge < -0.3 is 24.6 Å². The summed E-state index contributed by atoms with van der Waals surface area (Å²) >= 11 is 7.62. The van der Waals surface area contributed by atoms with Gasteiger partial charge in [-0.25, -0.2) is 9.78 Å². The van der Waals surface area contributed by atoms with Crippen molar-refractivity contribution in [2.75, 3.05) is 13.7 Å². The van der Waals surface area contributed by atoms with Gasteiger partial charge in [-0.2, -0.15) is 0 Å². The minimum absolute atomic E-state index is 0.300. The third-order valence-electron chi connectivity index (χ3n) is 3.95. The van der Waals surface area contributed by atoms with Crippen molar-refractivity contribution < 1.29 is 18.8 Å². The summed E-state index contributed by atoms with van der Waals surface area (Å²) in [5.74, 6) is 2.13. The van der Waals surface area contributed by atoms with E-state index in [1.54, 1.807) is 38.4 Å². The predicted molar refractivity (Wildman–Crippen MR) is 115 cm³/mol. The number of benzene rings is 1. The van der Waals surface area contributed by atoms with Crippen LogP contribution in [0.2, 0.25) is 5.02 Å². The number of urea groups is 1. The first kappa shape index (κ1) is 21.9. The van der Waals surface area contributed by atoms with E-state index < -0.39 is 0 Å². The summed E-state index contributed by atoms with van der Waals surface area (Å²) in [4.78, 5) is 16.5. The Morgan fingerprint density at radius 3 is 2.80 bits per heavy atom. The van der Waals surface area contributed by atoms with E-state index in [0.29, 0.717) is 45.7 Å². The molecule has 0 aliphatic carbocycles. The quantitative estimate of drug-likeness (QED) is 0.485. The van der Waals surface area contributed by atoms with Crippen LogP contribution >= 0.6 is 22.9 Å². The first-order valence-electron chi connectivity index (χ1n) is 9.37. The number of rotatable bonds is 8. The fraction of sp³-hybridized carbons (Fsp3) is 0.350. The molecule has 2 amide bonds. The summed E-state index contributed by atoms with van der Waals surface area (Å²) in [6, 6.07) is 6.41. The van der Waals surface area contributed by atoms with E-state index in [-0.39, 0.29) is 12.1 Å². The molecule has 2 heterocycles. The topological polar surface area (TPSA) is 98.5 Å². The number of aromatic nitrogens is 2. The molecule has 0 radical (unpaired) electrons. The first-order chi connectivity index (χ1) is 14.4. The fourth-order valence-electron chi connectivity index (χ4n) is 2.38. The van der Waals surface area contributed by atoms with Gasteiger partial charge >= 0.3 is 6.03 Å². The zero-order chi connectivity index (χ0) is 21.7. The number of carbonyl (C=O) groups excluding carboxylic acids is 1. The van der Waals surface area contributed by atoms with E-state index in [1.165, 1.54) is 11.3 Å². The Kier molecular flexibility index (Phi) is 7.17. The largest absolute Gasteiger partial charge is 0.493 e. The SMILES string of the molecule is CNC(=O)NC(C)c1cc(-c2cnc(Oc3ccc(OCC(C)C)cc3Cl)s2)no1. The Hall–Kier alpha value is -2.78. The lowest BCUT2D eigenvalue weighted by atomic mass is 10.2. The van der Waals surface area contributed by atoms with Crippen molar-refractivity contribution >= 4 is 29.0 Å². The van der Waals surface area contributed by atoms with Gasteiger partial charge in [0.25, 0.3) is 5.19 Å². The molecule has 1 aromatic carbocycles. The first-order valence-corrected chi connectivity index (χ1v) is 10.6. The highest BCUT2D eigenvalue weighted by Gasteiger charge is 2.17. The molecular formula is C20H23ClN4O4S. The molecule has 2 aromatic heterocycles. The highest BCUT2D eigenvalue weighted by Crippen LogP contribution is 2.37. The Labute approximate surface area is 183 Å². The van der Waals surface area contributed by atoms with Gasteiger partial charge in [-0.3, -0.25) is 0 Å². The number of carbonyl (C=O) groups is 1. The average Bonchev–Trinajstić information content (AvgIpc) is 3.37. The van der Waals surface area contributed by atoms with Crippen molar-refractivity contribution in [3.63, 3.8) is 0 Å². The van der Waals surface area contributed by atoms with Gasteiger partial charge in [-0.05, 0) is 25.0 Å². The standard InChI is InChI=1S/C20H23ClN4O4S/c1-11(2)10-27-13-5-6-16(14(21)7-13)28-20-23-9-18(30-20)15-8-17(29-25-15)12(3)24-19(26)22-4/h5-9,11-12H,10H2,1-4H3,(H2,22,24,26). The number of thiazole rings is 1. The van der Waals surface area contributed by atoms with Crippen molar-refractivity contribution in [3.05, 3.63) is 41.2 Å². The molecule has 30 heavy (non-hydrogen) atoms. The number of nitrogens with zero attached hydrogens (tertiary/aromatic N) is 2. The van der Waals surface area contributed by atoms with E-state index in [2.05, 4.69) is 34.6 Å². The van der Waals surface area contributed by atoms with E-state index in [9.17, 15) is 4.79 Å². The summed E-state index contributed by atoms with van der Waals surface area (Å²) in [5, 5.41) is 10.1. The summed E-state index contributed by atoms with van der Waals surface area (Å²) in [7, 11) is 1.55. The Bertz CT molecular complexity index is 1000. The lowest BCUT2D eigenvalue weighted by Gasteiger charge is -2.10. The second-order valence-electron chi connectivity index (χ2n) is 6.95. The number of ether oxygens (including phenoxy) is 2. The fourth-order valence-corrected chi connectivity index (χ4v) is 3.32. The lowest BCUT2D eigenvalue weighted by Crippen LogP contribution is -2.34. The summed E-state index contributed by atoms with van der Waals surface area (Å²) in [6.07, 6.45) is 1.65. The molecular weight excluding hydrogens is 428 g/mol. The van der Waals surface area contributed by atoms with Crippen LogP contribution in [-0.4, -0.2) is 29.8 Å². The van der Waals surface area contributed by atoms with Gasteiger partial charge in [0.05, 0.1) is 28.7 Å². The van der Waals surface area contributed by atoms with Crippen molar-refractivity contribution in [2.45, 2.75) is 26.8 Å². The zero-order valence-electron chi connectivity index (χ0n) is 17.1. The van der Waals surface area contributed by atoms with Crippen LogP contribution in [0.1, 0.15) is 32.6 Å². The van der Waals surface area contributed by atoms with Crippen molar-refractivity contribution in [1.29, 1.82) is 0 Å². The average molecular weight is 451 g/mol. The molecule has 0 spiro atoms. The second kappa shape index (κ2) is 9.82. The smallest absolute Gasteiger partial charge is 0.315 e. The van der Waals surface area contributed by atoms with Crippen LogP contribution in [0.15, 0.2) is 35.0 Å². The molecule has 0 bridgehead atoms. The normalized spacial score (nSPS) is 11.9. The van der Waals surface area contributed by atoms with Crippen LogP contribution in [-0.2, 0) is 0 Å². The van der Waals surface area contributed by atoms with Gasteiger partial charge in [0.15, 0.2) is 5.76 Å². The molecule has 1 atom stereocenters. The molecule has 2 N–H and O–H groups in total. The van der Waals surface area contributed by atoms with Gasteiger partial charge in [-0.1, -0.05) is 41.9 Å². The van der Waals surface area contributed by atoms with Crippen LogP contribution in [0, 0.1) is 5.92 Å². The van der Waals surface area contributed by atoms with Gasteiger partial charge in [-0.15, -0.1) is 0 Å². The van der Waals surface area contributed by atoms with Crippen molar-refractivity contribution in [3.8, 4) is 27.3 Å². The lowest BCUT2D eigenvalue weighted by molar-refractivity contribution is 0.237. The zero-order valence-corrected chi connectivity index (χ0v) is 18.6. The molecule has 1 unspecified atom stereocenters. The van der Waals surface area contributed by atoms with E-state index >= 15 is 0 Å². The maximum Gasteiger partial charge on any atom is 0.315 e. The number of hydrogen-bond donors (Lipinski definition) is 2. The molecule has 3 aromatic rings. The third kappa shape index (κ3) is 5.64. The molecule has 0 saturated carbocycles. The molecule has 0 saturated heterocycles. The number of amides is 2. The summed E-state index contributed by atoms with van der Waals surface area (Å²) in [6.45, 7) is 6.58. The molecule has 160 valence electrons. The minimum atomic E-state index is -0.329. The van der Waals surface area contributed by atoms with Crippen LogP contribution in [0.5, 0.6) is 16.7 Å². The monoisotopic (exact) mass is 450 g/mol. The summed E-state index contributed by atoms with van der Waals surface area (Å²) in [5.41, 5.74) is 0.603. The van der Waals surface area contributed by atoms with Crippen LogP contribution in [0.25, 0.3) is 10.6 Å². The predicted octanol–water partition coefficient (Wildman–Crippen LogP) is 5.27. The van der Waals surface area contributed by atoms with Gasteiger partial charge in [0.2, 0.25) is 0 Å². The third-order valence-corrected chi connectivity index (χ3v) is 5.14. The highest BCUT2D eigenvalue weighted by atomic mass is 35.5. The Morgan fingerprint density at radius 1 is 1.30 bits per heavy atom. The maximum absolute atomic E-state index is 11.4. The number of nitrogens with one attached hydrogen (secondary N) is 2. The molecule has 0 aliphatic heterocycles. The summed E-state index contributed by atoms with van der Waals surface area (Å²) < 4.78 is 16.8. The Morgan fingerprint density at radius 2 is 2.10 bits per heavy atom. The maximum atomic E-state index is 11.4. The van der Waals surface area contributed by atoms with Gasteiger partial charge in [0, 0.05) is 19.2 Å². The number of hydrogen-bond acceptors (Lipinski definition) is 7.